The van der Waals surface area contributed by atoms with Crippen LogP contribution >= 0.6 is 11.6 Å². The van der Waals surface area contributed by atoms with Gasteiger partial charge in [-0.25, -0.2) is 4.98 Å². The van der Waals surface area contributed by atoms with Crippen LogP contribution in [0.1, 0.15) is 31.9 Å². The molecule has 0 aromatic carbocycles. The van der Waals surface area contributed by atoms with Crippen LogP contribution in [0.3, 0.4) is 0 Å². The predicted octanol–water partition coefficient (Wildman–Crippen LogP) is 0.472. The minimum atomic E-state index is -1.21. The van der Waals surface area contributed by atoms with Crippen LogP contribution in [0, 0.1) is 0 Å². The molecule has 0 amide bonds. The maximum absolute atomic E-state index is 10.3. The van der Waals surface area contributed by atoms with E-state index >= 15 is 0 Å². The van der Waals surface area contributed by atoms with Gasteiger partial charge in [0.1, 0.15) is 18.3 Å². The average molecular weight is 384 g/mol. The lowest BCUT2D eigenvalue weighted by Gasteiger charge is -2.22. The van der Waals surface area contributed by atoms with E-state index < -0.39 is 31.1 Å². The third-order valence-electron chi connectivity index (χ3n) is 5.07. The van der Waals surface area contributed by atoms with Gasteiger partial charge in [0, 0.05) is 13.1 Å². The van der Waals surface area contributed by atoms with E-state index in [9.17, 15) is 15.3 Å². The number of anilines is 1. The van der Waals surface area contributed by atoms with Crippen molar-refractivity contribution in [1.29, 1.82) is 0 Å². The molecule has 2 aromatic rings. The highest BCUT2D eigenvalue weighted by atomic mass is 35.5. The Kier molecular flexibility index (Phi) is 4.98. The van der Waals surface area contributed by atoms with Gasteiger partial charge in [-0.1, -0.05) is 12.8 Å². The lowest BCUT2D eigenvalue weighted by atomic mass is 10.1. The molecule has 0 spiro atoms. The first kappa shape index (κ1) is 17.9. The van der Waals surface area contributed by atoms with Crippen LogP contribution in [0.5, 0.6) is 0 Å². The standard InChI is InChI=1S/C16H22ClN5O4/c17-16-19-13(21-5-3-1-2-4-6-21)10-14(20-16)22(8-18-10)15-12(25)11(24)9(7-23)26-15/h8-9,11-12,15,23-25H,1-7H2/t9-,11-,12-,15-/m1/s1. The Morgan fingerprint density at radius 1 is 1.12 bits per heavy atom. The van der Waals surface area contributed by atoms with E-state index in [0.717, 1.165) is 25.9 Å². The fourth-order valence-electron chi connectivity index (χ4n) is 3.67. The summed E-state index contributed by atoms with van der Waals surface area (Å²) in [6.07, 6.45) is 1.87. The molecular weight excluding hydrogens is 362 g/mol. The van der Waals surface area contributed by atoms with Crippen molar-refractivity contribution in [2.75, 3.05) is 24.6 Å². The summed E-state index contributed by atoms with van der Waals surface area (Å²) in [5.41, 5.74) is 1.01. The summed E-state index contributed by atoms with van der Waals surface area (Å²) in [6, 6.07) is 0. The van der Waals surface area contributed by atoms with Crippen molar-refractivity contribution in [2.45, 2.75) is 50.2 Å². The molecule has 2 aliphatic heterocycles. The number of rotatable bonds is 3. The molecule has 0 bridgehead atoms. The SMILES string of the molecule is OC[C@H]1O[C@@H](n2cnc3c(N4CCCCCC4)nc(Cl)nc32)[C@H](O)[C@@H]1O. The van der Waals surface area contributed by atoms with Crippen LogP contribution in [-0.2, 0) is 4.74 Å². The molecule has 10 heteroatoms. The second-order valence-electron chi connectivity index (χ2n) is 6.77. The number of aliphatic hydroxyl groups excluding tert-OH is 3. The monoisotopic (exact) mass is 383 g/mol. The Balaban J connectivity index is 1.74. The Labute approximate surface area is 155 Å². The number of nitrogens with zero attached hydrogens (tertiary/aromatic N) is 5. The number of hydrogen-bond acceptors (Lipinski definition) is 8. The minimum absolute atomic E-state index is 0.0882. The Morgan fingerprint density at radius 2 is 1.85 bits per heavy atom. The molecule has 2 fully saturated rings. The molecule has 142 valence electrons. The van der Waals surface area contributed by atoms with E-state index in [1.54, 1.807) is 0 Å². The van der Waals surface area contributed by atoms with Crippen LogP contribution in [0.25, 0.3) is 11.2 Å². The minimum Gasteiger partial charge on any atom is -0.394 e. The van der Waals surface area contributed by atoms with Gasteiger partial charge in [0.15, 0.2) is 23.2 Å². The fraction of sp³-hybridized carbons (Fsp3) is 0.688. The molecule has 9 nitrogen and oxygen atoms in total. The van der Waals surface area contributed by atoms with Crippen molar-refractivity contribution in [3.05, 3.63) is 11.6 Å². The number of hydrogen-bond donors (Lipinski definition) is 3. The van der Waals surface area contributed by atoms with E-state index in [0.29, 0.717) is 17.0 Å². The summed E-state index contributed by atoms with van der Waals surface area (Å²) in [7, 11) is 0. The third-order valence-corrected chi connectivity index (χ3v) is 5.24. The van der Waals surface area contributed by atoms with Crippen molar-refractivity contribution >= 4 is 28.6 Å². The molecule has 0 unspecified atom stereocenters. The number of fused-ring (bicyclic) bond motifs is 1. The third kappa shape index (κ3) is 3.03. The Hall–Kier alpha value is -1.52. The van der Waals surface area contributed by atoms with Gasteiger partial charge in [-0.05, 0) is 24.4 Å². The molecular formula is C16H22ClN5O4. The van der Waals surface area contributed by atoms with Crippen molar-refractivity contribution in [3.8, 4) is 0 Å². The number of halogens is 1. The molecule has 3 N–H and O–H groups in total. The smallest absolute Gasteiger partial charge is 0.226 e. The van der Waals surface area contributed by atoms with Gasteiger partial charge in [0.25, 0.3) is 0 Å². The Morgan fingerprint density at radius 3 is 2.50 bits per heavy atom. The normalized spacial score (nSPS) is 30.1. The summed E-state index contributed by atoms with van der Waals surface area (Å²) in [6.45, 7) is 1.36. The number of ether oxygens (including phenoxy) is 1. The van der Waals surface area contributed by atoms with Crippen molar-refractivity contribution in [2.24, 2.45) is 0 Å². The van der Waals surface area contributed by atoms with E-state index in [-0.39, 0.29) is 5.28 Å². The summed E-state index contributed by atoms with van der Waals surface area (Å²) in [4.78, 5) is 15.2. The van der Waals surface area contributed by atoms with Gasteiger partial charge in [-0.2, -0.15) is 9.97 Å². The van der Waals surface area contributed by atoms with Gasteiger partial charge in [0.2, 0.25) is 5.28 Å². The van der Waals surface area contributed by atoms with Crippen LogP contribution in [-0.4, -0.2) is 72.8 Å². The number of aliphatic hydroxyl groups is 3. The summed E-state index contributed by atoms with van der Waals surface area (Å²) >= 11 is 6.16. The average Bonchev–Trinajstić information content (AvgIpc) is 3.03. The summed E-state index contributed by atoms with van der Waals surface area (Å²) < 4.78 is 7.12. The van der Waals surface area contributed by atoms with Gasteiger partial charge in [0.05, 0.1) is 12.9 Å². The molecule has 4 rings (SSSR count). The van der Waals surface area contributed by atoms with E-state index in [1.807, 2.05) is 0 Å². The number of imidazole rings is 1. The first-order valence-corrected chi connectivity index (χ1v) is 9.25. The van der Waals surface area contributed by atoms with E-state index in [1.165, 1.54) is 23.7 Å². The first-order chi connectivity index (χ1) is 12.6. The maximum atomic E-state index is 10.3. The quantitative estimate of drug-likeness (QED) is 0.655. The van der Waals surface area contributed by atoms with Gasteiger partial charge in [-0.3, -0.25) is 4.57 Å². The number of aromatic nitrogens is 4. The second-order valence-corrected chi connectivity index (χ2v) is 7.11. The summed E-state index contributed by atoms with van der Waals surface area (Å²) in [5, 5.41) is 29.7. The zero-order valence-electron chi connectivity index (χ0n) is 14.2. The van der Waals surface area contributed by atoms with Gasteiger partial charge >= 0.3 is 0 Å². The molecule has 4 heterocycles. The van der Waals surface area contributed by atoms with Crippen LogP contribution in [0.2, 0.25) is 5.28 Å². The summed E-state index contributed by atoms with van der Waals surface area (Å²) in [5.74, 6) is 0.674. The van der Waals surface area contributed by atoms with Crippen LogP contribution in [0.4, 0.5) is 5.82 Å². The van der Waals surface area contributed by atoms with Crippen molar-refractivity contribution < 1.29 is 20.1 Å². The lowest BCUT2D eigenvalue weighted by Crippen LogP contribution is -2.33. The van der Waals surface area contributed by atoms with E-state index in [2.05, 4.69) is 19.9 Å². The molecule has 4 atom stereocenters. The van der Waals surface area contributed by atoms with Crippen LogP contribution in [0.15, 0.2) is 6.33 Å². The van der Waals surface area contributed by atoms with Crippen molar-refractivity contribution in [3.63, 3.8) is 0 Å². The molecule has 26 heavy (non-hydrogen) atoms. The first-order valence-electron chi connectivity index (χ1n) is 8.87. The van der Waals surface area contributed by atoms with Crippen LogP contribution < -0.4 is 4.90 Å². The van der Waals surface area contributed by atoms with E-state index in [4.69, 9.17) is 16.3 Å². The molecule has 2 saturated heterocycles. The largest absolute Gasteiger partial charge is 0.394 e. The molecule has 2 aliphatic rings. The topological polar surface area (TPSA) is 117 Å². The molecule has 2 aromatic heterocycles. The highest BCUT2D eigenvalue weighted by molar-refractivity contribution is 6.28. The fourth-order valence-corrected chi connectivity index (χ4v) is 3.83. The van der Waals surface area contributed by atoms with Crippen molar-refractivity contribution in [1.82, 2.24) is 19.5 Å². The second kappa shape index (κ2) is 7.24. The highest BCUT2D eigenvalue weighted by Crippen LogP contribution is 2.33. The van der Waals surface area contributed by atoms with Gasteiger partial charge in [-0.15, -0.1) is 0 Å². The molecule has 0 saturated carbocycles. The lowest BCUT2D eigenvalue weighted by molar-refractivity contribution is -0.0511. The molecule has 0 radical (unpaired) electrons. The zero-order valence-corrected chi connectivity index (χ0v) is 15.0. The maximum Gasteiger partial charge on any atom is 0.226 e. The van der Waals surface area contributed by atoms with Gasteiger partial charge < -0.3 is 25.0 Å². The molecule has 0 aliphatic carbocycles. The predicted molar refractivity (Wildman–Crippen MR) is 94.0 cm³/mol. The highest BCUT2D eigenvalue weighted by Gasteiger charge is 2.44. The zero-order chi connectivity index (χ0) is 18.3. The Bertz CT molecular complexity index is 779.